The highest BCUT2D eigenvalue weighted by molar-refractivity contribution is 6.33. The van der Waals surface area contributed by atoms with Crippen molar-refractivity contribution in [2.24, 2.45) is 0 Å². The van der Waals surface area contributed by atoms with Gasteiger partial charge in [-0.05, 0) is 25.1 Å². The molecule has 0 heterocycles. The Hall–Kier alpha value is -1.75. The lowest BCUT2D eigenvalue weighted by Crippen LogP contribution is -2.37. The Morgan fingerprint density at radius 2 is 2.11 bits per heavy atom. The Morgan fingerprint density at radius 3 is 2.67 bits per heavy atom. The molecule has 3 N–H and O–H groups in total. The summed E-state index contributed by atoms with van der Waals surface area (Å²) in [5.41, 5.74) is 6.33. The second-order valence-corrected chi connectivity index (χ2v) is 4.23. The van der Waals surface area contributed by atoms with Gasteiger partial charge in [0.05, 0.1) is 17.3 Å². The predicted octanol–water partition coefficient (Wildman–Crippen LogP) is 1.13. The highest BCUT2D eigenvalue weighted by Crippen LogP contribution is 2.19. The highest BCUT2D eigenvalue weighted by atomic mass is 35.5. The third-order valence-corrected chi connectivity index (χ3v) is 2.89. The van der Waals surface area contributed by atoms with Gasteiger partial charge in [0, 0.05) is 19.2 Å². The minimum Gasteiger partial charge on any atom is -0.398 e. The number of carbonyl (C=O) groups excluding carboxylic acids is 2. The van der Waals surface area contributed by atoms with E-state index in [0.717, 1.165) is 0 Å². The van der Waals surface area contributed by atoms with Crippen LogP contribution in [0.1, 0.15) is 17.3 Å². The van der Waals surface area contributed by atoms with Crippen LogP contribution in [0.3, 0.4) is 0 Å². The van der Waals surface area contributed by atoms with Crippen LogP contribution < -0.4 is 11.1 Å². The molecule has 1 aromatic rings. The van der Waals surface area contributed by atoms with E-state index in [-0.39, 0.29) is 18.4 Å². The van der Waals surface area contributed by atoms with Crippen LogP contribution in [-0.2, 0) is 4.79 Å². The first-order chi connectivity index (χ1) is 8.45. The second-order valence-electron chi connectivity index (χ2n) is 3.83. The number of carbonyl (C=O) groups is 2. The average Bonchev–Trinajstić information content (AvgIpc) is 2.37. The van der Waals surface area contributed by atoms with Crippen molar-refractivity contribution in [1.29, 1.82) is 0 Å². The summed E-state index contributed by atoms with van der Waals surface area (Å²) in [5, 5.41) is 2.85. The summed E-state index contributed by atoms with van der Waals surface area (Å²) in [7, 11) is 1.68. The summed E-state index contributed by atoms with van der Waals surface area (Å²) < 4.78 is 0. The number of nitrogen functional groups attached to an aromatic ring is 1. The average molecular weight is 270 g/mol. The molecule has 0 aromatic heterocycles. The molecule has 0 aliphatic rings. The topological polar surface area (TPSA) is 75.4 Å². The lowest BCUT2D eigenvalue weighted by molar-refractivity contribution is -0.128. The number of nitrogens with zero attached hydrogens (tertiary/aromatic N) is 1. The van der Waals surface area contributed by atoms with E-state index < -0.39 is 0 Å². The second kappa shape index (κ2) is 6.26. The van der Waals surface area contributed by atoms with Crippen molar-refractivity contribution >= 4 is 29.1 Å². The molecule has 0 fully saturated rings. The zero-order chi connectivity index (χ0) is 13.7. The molecule has 0 aliphatic heterocycles. The van der Waals surface area contributed by atoms with E-state index in [0.29, 0.717) is 22.8 Å². The van der Waals surface area contributed by atoms with Crippen molar-refractivity contribution < 1.29 is 9.59 Å². The first-order valence-electron chi connectivity index (χ1n) is 5.53. The van der Waals surface area contributed by atoms with Gasteiger partial charge in [-0.25, -0.2) is 0 Å². The highest BCUT2D eigenvalue weighted by Gasteiger charge is 2.11. The number of amides is 2. The van der Waals surface area contributed by atoms with Crippen molar-refractivity contribution in [2.75, 3.05) is 25.9 Å². The summed E-state index contributed by atoms with van der Waals surface area (Å²) in [5.74, 6) is -0.498. The number of likely N-dealkylation sites (N-methyl/N-ethyl adjacent to an activating group) is 1. The Bertz CT molecular complexity index is 463. The number of benzene rings is 1. The van der Waals surface area contributed by atoms with Gasteiger partial charge in [0.25, 0.3) is 5.91 Å². The number of nitrogens with two attached hydrogens (primary N) is 1. The minimum atomic E-state index is -0.352. The standard InChI is InChI=1S/C12H16ClN3O2/c1-3-16(2)11(17)7-15-12(18)8-4-5-10(14)9(13)6-8/h4-6H,3,7,14H2,1-2H3,(H,15,18). The van der Waals surface area contributed by atoms with Crippen LogP contribution in [-0.4, -0.2) is 36.9 Å². The van der Waals surface area contributed by atoms with Crippen LogP contribution in [0.5, 0.6) is 0 Å². The molecular formula is C12H16ClN3O2. The molecule has 6 heteroatoms. The number of rotatable bonds is 4. The first-order valence-corrected chi connectivity index (χ1v) is 5.90. The fourth-order valence-corrected chi connectivity index (χ4v) is 1.42. The van der Waals surface area contributed by atoms with Crippen molar-refractivity contribution in [3.63, 3.8) is 0 Å². The van der Waals surface area contributed by atoms with Crippen LogP contribution in [0.25, 0.3) is 0 Å². The summed E-state index contributed by atoms with van der Waals surface area (Å²) in [4.78, 5) is 24.8. The lowest BCUT2D eigenvalue weighted by Gasteiger charge is -2.14. The predicted molar refractivity (Wildman–Crippen MR) is 71.5 cm³/mol. The molecule has 98 valence electrons. The number of hydrogen-bond acceptors (Lipinski definition) is 3. The summed E-state index contributed by atoms with van der Waals surface area (Å²) in [6.45, 7) is 2.42. The molecule has 0 aliphatic carbocycles. The van der Waals surface area contributed by atoms with E-state index >= 15 is 0 Å². The van der Waals surface area contributed by atoms with Gasteiger partial charge in [0.15, 0.2) is 0 Å². The zero-order valence-electron chi connectivity index (χ0n) is 10.4. The Kier molecular flexibility index (Phi) is 4.97. The maximum Gasteiger partial charge on any atom is 0.251 e. The molecule has 1 aromatic carbocycles. The van der Waals surface area contributed by atoms with E-state index in [1.165, 1.54) is 11.0 Å². The molecule has 5 nitrogen and oxygen atoms in total. The van der Waals surface area contributed by atoms with Crippen molar-refractivity contribution in [3.8, 4) is 0 Å². The van der Waals surface area contributed by atoms with Crippen LogP contribution in [0.15, 0.2) is 18.2 Å². The number of halogens is 1. The molecule has 0 spiro atoms. The van der Waals surface area contributed by atoms with Gasteiger partial charge in [-0.2, -0.15) is 0 Å². The van der Waals surface area contributed by atoms with E-state index in [4.69, 9.17) is 17.3 Å². The third-order valence-electron chi connectivity index (χ3n) is 2.56. The SMILES string of the molecule is CCN(C)C(=O)CNC(=O)c1ccc(N)c(Cl)c1. The largest absolute Gasteiger partial charge is 0.398 e. The molecule has 0 saturated carbocycles. The van der Waals surface area contributed by atoms with Gasteiger partial charge in [-0.3, -0.25) is 9.59 Å². The molecule has 0 bridgehead atoms. The molecular weight excluding hydrogens is 254 g/mol. The normalized spacial score (nSPS) is 9.94. The molecule has 0 saturated heterocycles. The Balaban J connectivity index is 2.60. The zero-order valence-corrected chi connectivity index (χ0v) is 11.1. The summed E-state index contributed by atoms with van der Waals surface area (Å²) in [6, 6.07) is 4.59. The van der Waals surface area contributed by atoms with Crippen molar-refractivity contribution in [1.82, 2.24) is 10.2 Å². The first kappa shape index (κ1) is 14.3. The summed E-state index contributed by atoms with van der Waals surface area (Å²) >= 11 is 5.81. The van der Waals surface area contributed by atoms with E-state index in [1.54, 1.807) is 19.2 Å². The number of nitrogens with one attached hydrogen (secondary N) is 1. The van der Waals surface area contributed by atoms with Gasteiger partial charge < -0.3 is 16.0 Å². The fourth-order valence-electron chi connectivity index (χ4n) is 1.24. The molecule has 0 radical (unpaired) electrons. The number of hydrogen-bond donors (Lipinski definition) is 2. The molecule has 0 unspecified atom stereocenters. The van der Waals surface area contributed by atoms with E-state index in [1.807, 2.05) is 6.92 Å². The van der Waals surface area contributed by atoms with Gasteiger partial charge in [-0.1, -0.05) is 11.6 Å². The monoisotopic (exact) mass is 269 g/mol. The van der Waals surface area contributed by atoms with Gasteiger partial charge in [0.1, 0.15) is 0 Å². The van der Waals surface area contributed by atoms with E-state index in [2.05, 4.69) is 5.32 Å². The molecule has 2 amide bonds. The quantitative estimate of drug-likeness (QED) is 0.805. The Morgan fingerprint density at radius 1 is 1.44 bits per heavy atom. The number of anilines is 1. The van der Waals surface area contributed by atoms with Crippen LogP contribution in [0.4, 0.5) is 5.69 Å². The van der Waals surface area contributed by atoms with Crippen molar-refractivity contribution in [3.05, 3.63) is 28.8 Å². The lowest BCUT2D eigenvalue weighted by atomic mass is 10.2. The maximum absolute atomic E-state index is 11.7. The molecule has 0 atom stereocenters. The molecule has 1 rings (SSSR count). The fraction of sp³-hybridized carbons (Fsp3) is 0.333. The van der Waals surface area contributed by atoms with Crippen LogP contribution in [0, 0.1) is 0 Å². The third kappa shape index (κ3) is 3.63. The Labute approximate surface area is 111 Å². The van der Waals surface area contributed by atoms with Crippen LogP contribution >= 0.6 is 11.6 Å². The molecule has 18 heavy (non-hydrogen) atoms. The maximum atomic E-state index is 11.7. The van der Waals surface area contributed by atoms with Gasteiger partial charge in [0.2, 0.25) is 5.91 Å². The minimum absolute atomic E-state index is 0.0365. The van der Waals surface area contributed by atoms with Gasteiger partial charge >= 0.3 is 0 Å². The van der Waals surface area contributed by atoms with Crippen molar-refractivity contribution in [2.45, 2.75) is 6.92 Å². The van der Waals surface area contributed by atoms with Crippen LogP contribution in [0.2, 0.25) is 5.02 Å². The smallest absolute Gasteiger partial charge is 0.251 e. The summed E-state index contributed by atoms with van der Waals surface area (Å²) in [6.07, 6.45) is 0. The van der Waals surface area contributed by atoms with E-state index in [9.17, 15) is 9.59 Å². The van der Waals surface area contributed by atoms with Gasteiger partial charge in [-0.15, -0.1) is 0 Å².